The molecule has 0 aromatic heterocycles. The van der Waals surface area contributed by atoms with Gasteiger partial charge in [-0.1, -0.05) is 0 Å². The Labute approximate surface area is 150 Å². The van der Waals surface area contributed by atoms with Gasteiger partial charge in [-0.15, -0.1) is 0 Å². The van der Waals surface area contributed by atoms with Gasteiger partial charge in [-0.3, -0.25) is 9.69 Å². The second-order valence-electron chi connectivity index (χ2n) is 8.04. The first-order valence-electron chi connectivity index (χ1n) is 10.1. The number of rotatable bonds is 2. The lowest BCUT2D eigenvalue weighted by Crippen LogP contribution is -2.56. The molecule has 142 valence electrons. The van der Waals surface area contributed by atoms with E-state index in [-0.39, 0.29) is 11.5 Å². The second-order valence-corrected chi connectivity index (χ2v) is 8.04. The third kappa shape index (κ3) is 4.02. The highest BCUT2D eigenvalue weighted by Gasteiger charge is 2.43. The first-order chi connectivity index (χ1) is 12.3. The van der Waals surface area contributed by atoms with Gasteiger partial charge in [-0.05, 0) is 38.5 Å². The number of amides is 1. The maximum Gasteiger partial charge on any atom is 0.225 e. The van der Waals surface area contributed by atoms with Gasteiger partial charge in [-0.2, -0.15) is 0 Å². The Morgan fingerprint density at radius 2 is 1.52 bits per heavy atom. The molecule has 0 N–H and O–H groups in total. The van der Waals surface area contributed by atoms with E-state index in [4.69, 9.17) is 14.2 Å². The van der Waals surface area contributed by atoms with Crippen molar-refractivity contribution in [2.45, 2.75) is 50.2 Å². The standard InChI is InChI=1S/C19H32N2O4/c22-18(16-1-10-23-11-2-16)21-6-4-19(5-7-21)15-17(3-12-25-19)20-8-13-24-14-9-20/h16-17H,1-15H2. The van der Waals surface area contributed by atoms with E-state index < -0.39 is 0 Å². The van der Waals surface area contributed by atoms with Crippen LogP contribution in [0, 0.1) is 5.92 Å². The summed E-state index contributed by atoms with van der Waals surface area (Å²) in [5.41, 5.74) is -0.00627. The van der Waals surface area contributed by atoms with Crippen LogP contribution in [0.15, 0.2) is 0 Å². The highest BCUT2D eigenvalue weighted by atomic mass is 16.5. The summed E-state index contributed by atoms with van der Waals surface area (Å²) in [4.78, 5) is 17.4. The number of likely N-dealkylation sites (tertiary alicyclic amines) is 1. The fourth-order valence-electron chi connectivity index (χ4n) is 4.94. The van der Waals surface area contributed by atoms with E-state index in [0.29, 0.717) is 11.9 Å². The SMILES string of the molecule is O=C(C1CCOCC1)N1CCC2(CC1)CC(N1CCOCC1)CCO2. The number of hydrogen-bond donors (Lipinski definition) is 0. The quantitative estimate of drug-likeness (QED) is 0.749. The number of piperidine rings is 1. The van der Waals surface area contributed by atoms with Gasteiger partial charge in [0.05, 0.1) is 18.8 Å². The topological polar surface area (TPSA) is 51.2 Å². The maximum absolute atomic E-state index is 12.7. The Hall–Kier alpha value is -0.690. The summed E-state index contributed by atoms with van der Waals surface area (Å²) < 4.78 is 17.2. The molecule has 0 aromatic carbocycles. The predicted molar refractivity (Wildman–Crippen MR) is 93.5 cm³/mol. The molecule has 0 aliphatic carbocycles. The van der Waals surface area contributed by atoms with Crippen molar-refractivity contribution in [3.05, 3.63) is 0 Å². The van der Waals surface area contributed by atoms with Gasteiger partial charge in [0.25, 0.3) is 0 Å². The van der Waals surface area contributed by atoms with Gasteiger partial charge < -0.3 is 19.1 Å². The summed E-state index contributed by atoms with van der Waals surface area (Å²) in [6, 6.07) is 0.621. The Bertz CT molecular complexity index is 452. The molecule has 0 radical (unpaired) electrons. The van der Waals surface area contributed by atoms with E-state index in [1.807, 2.05) is 0 Å². The van der Waals surface area contributed by atoms with Gasteiger partial charge in [-0.25, -0.2) is 0 Å². The summed E-state index contributed by atoms with van der Waals surface area (Å²) in [5.74, 6) is 0.523. The lowest BCUT2D eigenvalue weighted by molar-refractivity contribution is -0.156. The zero-order valence-corrected chi connectivity index (χ0v) is 15.3. The summed E-state index contributed by atoms with van der Waals surface area (Å²) in [6.45, 7) is 7.85. The number of ether oxygens (including phenoxy) is 3. The van der Waals surface area contributed by atoms with Crippen molar-refractivity contribution in [2.24, 2.45) is 5.92 Å². The Morgan fingerprint density at radius 3 is 2.24 bits per heavy atom. The van der Waals surface area contributed by atoms with E-state index in [1.165, 1.54) is 0 Å². The molecule has 6 nitrogen and oxygen atoms in total. The molecule has 4 aliphatic heterocycles. The normalized spacial score (nSPS) is 32.0. The number of nitrogens with zero attached hydrogens (tertiary/aromatic N) is 2. The van der Waals surface area contributed by atoms with E-state index >= 15 is 0 Å². The van der Waals surface area contributed by atoms with E-state index in [0.717, 1.165) is 97.7 Å². The number of carbonyl (C=O) groups excluding carboxylic acids is 1. The van der Waals surface area contributed by atoms with Crippen molar-refractivity contribution in [3.8, 4) is 0 Å². The minimum Gasteiger partial charge on any atom is -0.381 e. The average molecular weight is 352 g/mol. The van der Waals surface area contributed by atoms with Gasteiger partial charge in [0.15, 0.2) is 0 Å². The zero-order valence-electron chi connectivity index (χ0n) is 15.3. The highest BCUT2D eigenvalue weighted by molar-refractivity contribution is 5.79. The fraction of sp³-hybridized carbons (Fsp3) is 0.947. The predicted octanol–water partition coefficient (Wildman–Crippen LogP) is 1.29. The molecule has 4 aliphatic rings. The molecule has 1 unspecified atom stereocenters. The Morgan fingerprint density at radius 1 is 0.840 bits per heavy atom. The van der Waals surface area contributed by atoms with Crippen LogP contribution in [0.3, 0.4) is 0 Å². The smallest absolute Gasteiger partial charge is 0.225 e. The lowest BCUT2D eigenvalue weighted by Gasteiger charge is -2.49. The summed E-state index contributed by atoms with van der Waals surface area (Å²) in [7, 11) is 0. The lowest BCUT2D eigenvalue weighted by atomic mass is 9.81. The Balaban J connectivity index is 1.31. The van der Waals surface area contributed by atoms with Crippen molar-refractivity contribution in [1.82, 2.24) is 9.80 Å². The zero-order chi connectivity index (χ0) is 17.1. The maximum atomic E-state index is 12.7. The van der Waals surface area contributed by atoms with E-state index in [2.05, 4.69) is 9.80 Å². The van der Waals surface area contributed by atoms with Gasteiger partial charge >= 0.3 is 0 Å². The molecule has 0 bridgehead atoms. The number of morpholine rings is 1. The van der Waals surface area contributed by atoms with E-state index in [1.54, 1.807) is 0 Å². The summed E-state index contributed by atoms with van der Waals surface area (Å²) in [5, 5.41) is 0. The molecule has 4 rings (SSSR count). The molecular formula is C19H32N2O4. The van der Waals surface area contributed by atoms with Crippen LogP contribution in [0.5, 0.6) is 0 Å². The van der Waals surface area contributed by atoms with Crippen LogP contribution >= 0.6 is 0 Å². The van der Waals surface area contributed by atoms with Crippen LogP contribution in [-0.2, 0) is 19.0 Å². The van der Waals surface area contributed by atoms with Crippen molar-refractivity contribution in [3.63, 3.8) is 0 Å². The number of carbonyl (C=O) groups is 1. The molecule has 0 saturated carbocycles. The van der Waals surface area contributed by atoms with Crippen LogP contribution in [0.2, 0.25) is 0 Å². The molecule has 1 atom stereocenters. The monoisotopic (exact) mass is 352 g/mol. The largest absolute Gasteiger partial charge is 0.381 e. The molecular weight excluding hydrogens is 320 g/mol. The second kappa shape index (κ2) is 7.91. The molecule has 4 heterocycles. The molecule has 1 amide bonds. The number of hydrogen-bond acceptors (Lipinski definition) is 5. The molecule has 4 saturated heterocycles. The average Bonchev–Trinajstić information content (AvgIpc) is 2.69. The van der Waals surface area contributed by atoms with Gasteiger partial charge in [0.2, 0.25) is 5.91 Å². The third-order valence-corrected chi connectivity index (χ3v) is 6.59. The van der Waals surface area contributed by atoms with Crippen molar-refractivity contribution < 1.29 is 19.0 Å². The van der Waals surface area contributed by atoms with Crippen LogP contribution in [0.1, 0.15) is 38.5 Å². The first-order valence-corrected chi connectivity index (χ1v) is 10.1. The molecule has 25 heavy (non-hydrogen) atoms. The van der Waals surface area contributed by atoms with Crippen molar-refractivity contribution in [1.29, 1.82) is 0 Å². The minimum absolute atomic E-state index is 0.00627. The minimum atomic E-state index is -0.00627. The van der Waals surface area contributed by atoms with Crippen molar-refractivity contribution in [2.75, 3.05) is 59.2 Å². The van der Waals surface area contributed by atoms with Gasteiger partial charge in [0.1, 0.15) is 0 Å². The van der Waals surface area contributed by atoms with Crippen LogP contribution < -0.4 is 0 Å². The molecule has 1 spiro atoms. The molecule has 0 aromatic rings. The summed E-state index contributed by atoms with van der Waals surface area (Å²) >= 11 is 0. The summed E-state index contributed by atoms with van der Waals surface area (Å²) in [6.07, 6.45) is 6.00. The van der Waals surface area contributed by atoms with Crippen molar-refractivity contribution >= 4 is 5.91 Å². The van der Waals surface area contributed by atoms with Crippen LogP contribution in [0.25, 0.3) is 0 Å². The van der Waals surface area contributed by atoms with E-state index in [9.17, 15) is 4.79 Å². The van der Waals surface area contributed by atoms with Gasteiger partial charge in [0, 0.05) is 58.0 Å². The fourth-order valence-corrected chi connectivity index (χ4v) is 4.94. The Kier molecular flexibility index (Phi) is 5.60. The highest BCUT2D eigenvalue weighted by Crippen LogP contribution is 2.37. The molecule has 6 heteroatoms. The van der Waals surface area contributed by atoms with Crippen LogP contribution in [-0.4, -0.2) is 86.6 Å². The molecule has 4 fully saturated rings. The first kappa shape index (κ1) is 17.7. The van der Waals surface area contributed by atoms with Crippen LogP contribution in [0.4, 0.5) is 0 Å². The third-order valence-electron chi connectivity index (χ3n) is 6.59.